The van der Waals surface area contributed by atoms with Crippen molar-refractivity contribution in [3.05, 3.63) is 12.2 Å². The average Bonchev–Trinajstić information content (AvgIpc) is 2.58. The molecule has 0 aromatic carbocycles. The molecule has 1 saturated heterocycles. The Bertz CT molecular complexity index is 243. The van der Waals surface area contributed by atoms with Gasteiger partial charge in [0.05, 0.1) is 5.54 Å². The predicted molar refractivity (Wildman–Crippen MR) is 46.7 cm³/mol. The number of hydrogen-bond donors (Lipinski definition) is 1. The lowest BCUT2D eigenvalue weighted by Gasteiger charge is -2.29. The van der Waals surface area contributed by atoms with Crippen LogP contribution in [-0.4, -0.2) is 21.6 Å². The van der Waals surface area contributed by atoms with E-state index in [9.17, 15) is 0 Å². The van der Waals surface area contributed by atoms with Gasteiger partial charge in [0.25, 0.3) is 0 Å². The number of aromatic nitrogens is 2. The van der Waals surface area contributed by atoms with Crippen LogP contribution in [0.2, 0.25) is 0 Å². The van der Waals surface area contributed by atoms with Crippen LogP contribution in [0.4, 0.5) is 0 Å². The van der Waals surface area contributed by atoms with E-state index in [1.807, 2.05) is 11.8 Å². The van der Waals surface area contributed by atoms with Gasteiger partial charge in [0.15, 0.2) is 5.82 Å². The maximum atomic E-state index is 6.12. The minimum atomic E-state index is -0.351. The highest BCUT2D eigenvalue weighted by Crippen LogP contribution is 2.30. The molecule has 0 spiro atoms. The first-order chi connectivity index (χ1) is 5.81. The molecule has 12 heavy (non-hydrogen) atoms. The van der Waals surface area contributed by atoms with Gasteiger partial charge in [-0.2, -0.15) is 16.7 Å². The molecule has 66 valence electrons. The Morgan fingerprint density at radius 3 is 3.17 bits per heavy atom. The quantitative estimate of drug-likeness (QED) is 0.699. The van der Waals surface area contributed by atoms with E-state index in [0.717, 1.165) is 18.6 Å². The first-order valence-electron chi connectivity index (χ1n) is 3.95. The Morgan fingerprint density at radius 2 is 2.58 bits per heavy atom. The third-order valence-corrected chi connectivity index (χ3v) is 3.37. The second-order valence-electron chi connectivity index (χ2n) is 3.07. The Labute approximate surface area is 74.9 Å². The fourth-order valence-electron chi connectivity index (χ4n) is 1.38. The first-order valence-corrected chi connectivity index (χ1v) is 5.10. The van der Waals surface area contributed by atoms with Gasteiger partial charge in [0.2, 0.25) is 6.39 Å². The summed E-state index contributed by atoms with van der Waals surface area (Å²) >= 11 is 1.85. The molecule has 1 aromatic heterocycles. The van der Waals surface area contributed by atoms with Crippen molar-refractivity contribution in [3.8, 4) is 0 Å². The van der Waals surface area contributed by atoms with Gasteiger partial charge >= 0.3 is 0 Å². The van der Waals surface area contributed by atoms with Crippen LogP contribution in [0.3, 0.4) is 0 Å². The fraction of sp³-hybridized carbons (Fsp3) is 0.714. The van der Waals surface area contributed by atoms with Gasteiger partial charge in [-0.1, -0.05) is 5.16 Å². The van der Waals surface area contributed by atoms with Crippen LogP contribution in [0.5, 0.6) is 0 Å². The Hall–Kier alpha value is -0.550. The molecule has 0 amide bonds. The number of nitrogens with two attached hydrogens (primary N) is 1. The van der Waals surface area contributed by atoms with Crippen molar-refractivity contribution in [1.29, 1.82) is 0 Å². The van der Waals surface area contributed by atoms with Crippen LogP contribution in [0, 0.1) is 0 Å². The highest BCUT2D eigenvalue weighted by Gasteiger charge is 2.33. The summed E-state index contributed by atoms with van der Waals surface area (Å²) in [6.45, 7) is 0. The molecule has 2 rings (SSSR count). The van der Waals surface area contributed by atoms with Gasteiger partial charge in [-0.05, 0) is 18.6 Å². The van der Waals surface area contributed by atoms with Crippen LogP contribution in [0.1, 0.15) is 18.7 Å². The molecule has 2 heterocycles. The van der Waals surface area contributed by atoms with E-state index in [2.05, 4.69) is 14.7 Å². The Morgan fingerprint density at radius 1 is 1.67 bits per heavy atom. The molecule has 0 bridgehead atoms. The maximum absolute atomic E-state index is 6.12. The Kier molecular flexibility index (Phi) is 2.06. The molecule has 4 nitrogen and oxygen atoms in total. The van der Waals surface area contributed by atoms with Gasteiger partial charge in [-0.15, -0.1) is 0 Å². The number of hydrogen-bond acceptors (Lipinski definition) is 5. The van der Waals surface area contributed by atoms with Crippen LogP contribution >= 0.6 is 11.8 Å². The molecule has 0 radical (unpaired) electrons. The van der Waals surface area contributed by atoms with Gasteiger partial charge in [-0.25, -0.2) is 0 Å². The molecular formula is C7H11N3OS. The van der Waals surface area contributed by atoms with E-state index < -0.39 is 0 Å². The molecule has 2 N–H and O–H groups in total. The van der Waals surface area contributed by atoms with Crippen molar-refractivity contribution in [2.24, 2.45) is 5.73 Å². The summed E-state index contributed by atoms with van der Waals surface area (Å²) in [7, 11) is 0. The standard InChI is InChI=1S/C7H11N3OS/c8-7(2-1-3-12-4-7)6-9-5-11-10-6/h5H,1-4,8H2. The summed E-state index contributed by atoms with van der Waals surface area (Å²) in [5.74, 6) is 2.73. The normalized spacial score (nSPS) is 30.4. The SMILES string of the molecule is NC1(c2ncon2)CCCSC1. The van der Waals surface area contributed by atoms with Crippen molar-refractivity contribution in [3.63, 3.8) is 0 Å². The molecule has 0 aliphatic carbocycles. The average molecular weight is 185 g/mol. The molecule has 0 saturated carbocycles. The van der Waals surface area contributed by atoms with Gasteiger partial charge in [0.1, 0.15) is 0 Å². The summed E-state index contributed by atoms with van der Waals surface area (Å²) < 4.78 is 4.68. The number of nitrogens with zero attached hydrogens (tertiary/aromatic N) is 2. The van der Waals surface area contributed by atoms with E-state index in [-0.39, 0.29) is 5.54 Å². The van der Waals surface area contributed by atoms with Gasteiger partial charge in [-0.3, -0.25) is 0 Å². The molecule has 5 heteroatoms. The van der Waals surface area contributed by atoms with E-state index in [4.69, 9.17) is 5.73 Å². The minimum Gasteiger partial charge on any atom is -0.343 e. The van der Waals surface area contributed by atoms with E-state index in [1.165, 1.54) is 12.1 Å². The van der Waals surface area contributed by atoms with E-state index in [1.54, 1.807) is 0 Å². The van der Waals surface area contributed by atoms with Gasteiger partial charge in [0, 0.05) is 5.75 Å². The topological polar surface area (TPSA) is 64.9 Å². The zero-order valence-corrected chi connectivity index (χ0v) is 7.51. The monoisotopic (exact) mass is 185 g/mol. The summed E-state index contributed by atoms with van der Waals surface area (Å²) in [4.78, 5) is 4.00. The third kappa shape index (κ3) is 1.34. The lowest BCUT2D eigenvalue weighted by molar-refractivity contribution is 0.364. The summed E-state index contributed by atoms with van der Waals surface area (Å²) in [5, 5.41) is 3.79. The zero-order valence-electron chi connectivity index (χ0n) is 6.69. The van der Waals surface area contributed by atoms with E-state index >= 15 is 0 Å². The highest BCUT2D eigenvalue weighted by atomic mass is 32.2. The van der Waals surface area contributed by atoms with Crippen LogP contribution < -0.4 is 5.73 Å². The second-order valence-corrected chi connectivity index (χ2v) is 4.17. The van der Waals surface area contributed by atoms with Crippen LogP contribution in [0.15, 0.2) is 10.9 Å². The van der Waals surface area contributed by atoms with Crippen molar-refractivity contribution < 1.29 is 4.52 Å². The molecule has 1 fully saturated rings. The summed E-state index contributed by atoms with van der Waals surface area (Å²) in [6.07, 6.45) is 3.43. The van der Waals surface area contributed by atoms with Crippen LogP contribution in [-0.2, 0) is 5.54 Å². The van der Waals surface area contributed by atoms with E-state index in [0.29, 0.717) is 5.82 Å². The number of rotatable bonds is 1. The molecular weight excluding hydrogens is 174 g/mol. The zero-order chi connectivity index (χ0) is 8.44. The molecule has 1 aliphatic heterocycles. The predicted octanol–water partition coefficient (Wildman–Crippen LogP) is 0.751. The lowest BCUT2D eigenvalue weighted by Crippen LogP contribution is -2.42. The minimum absolute atomic E-state index is 0.351. The van der Waals surface area contributed by atoms with Crippen molar-refractivity contribution >= 4 is 11.8 Å². The van der Waals surface area contributed by atoms with Crippen molar-refractivity contribution in [1.82, 2.24) is 10.1 Å². The second kappa shape index (κ2) is 3.06. The first kappa shape index (κ1) is 8.07. The molecule has 1 aliphatic rings. The number of thioether (sulfide) groups is 1. The van der Waals surface area contributed by atoms with Gasteiger partial charge < -0.3 is 10.3 Å². The molecule has 1 aromatic rings. The van der Waals surface area contributed by atoms with Crippen molar-refractivity contribution in [2.45, 2.75) is 18.4 Å². The smallest absolute Gasteiger partial charge is 0.213 e. The highest BCUT2D eigenvalue weighted by molar-refractivity contribution is 7.99. The molecule has 1 atom stereocenters. The lowest BCUT2D eigenvalue weighted by atomic mass is 9.96. The largest absolute Gasteiger partial charge is 0.343 e. The molecule has 1 unspecified atom stereocenters. The van der Waals surface area contributed by atoms with Crippen LogP contribution in [0.25, 0.3) is 0 Å². The Balaban J connectivity index is 2.19. The van der Waals surface area contributed by atoms with Crippen molar-refractivity contribution in [2.75, 3.05) is 11.5 Å². The summed E-state index contributed by atoms with van der Waals surface area (Å²) in [6, 6.07) is 0. The maximum Gasteiger partial charge on any atom is 0.213 e. The summed E-state index contributed by atoms with van der Waals surface area (Å²) in [5.41, 5.74) is 5.77. The third-order valence-electron chi connectivity index (χ3n) is 2.08. The fourth-order valence-corrected chi connectivity index (χ4v) is 2.51.